The molecule has 43 heavy (non-hydrogen) atoms. The van der Waals surface area contributed by atoms with Crippen LogP contribution in [0.1, 0.15) is 46.8 Å². The maximum absolute atomic E-state index is 14.3. The molecule has 0 aromatic heterocycles. The highest BCUT2D eigenvalue weighted by molar-refractivity contribution is 6.09. The molecule has 0 bridgehead atoms. The number of hydrogen-bond acceptors (Lipinski definition) is 8. The van der Waals surface area contributed by atoms with Crippen LogP contribution in [-0.2, 0) is 4.74 Å². The zero-order valence-corrected chi connectivity index (χ0v) is 24.3. The number of rotatable bonds is 7. The van der Waals surface area contributed by atoms with Gasteiger partial charge in [0.2, 0.25) is 0 Å². The van der Waals surface area contributed by atoms with E-state index in [1.54, 1.807) is 26.4 Å². The van der Waals surface area contributed by atoms with Crippen LogP contribution in [0.4, 0.5) is 11.4 Å². The van der Waals surface area contributed by atoms with Gasteiger partial charge in [-0.05, 0) is 55.2 Å². The largest absolute Gasteiger partial charge is 0.496 e. The summed E-state index contributed by atoms with van der Waals surface area (Å²) in [5.41, 5.74) is 4.26. The third-order valence-electron chi connectivity index (χ3n) is 8.41. The molecular weight excluding hydrogens is 548 g/mol. The summed E-state index contributed by atoms with van der Waals surface area (Å²) in [5.74, 6) is 0.956. The van der Waals surface area contributed by atoms with Crippen molar-refractivity contribution < 1.29 is 23.9 Å². The number of nitro benzene ring substituents is 1. The minimum absolute atomic E-state index is 0.0717. The molecule has 222 valence electrons. The van der Waals surface area contributed by atoms with Crippen molar-refractivity contribution in [3.8, 4) is 11.5 Å². The third-order valence-corrected chi connectivity index (χ3v) is 8.41. The fraction of sp³-hybridized carbons (Fsp3) is 0.333. The molecule has 0 spiro atoms. The zero-order chi connectivity index (χ0) is 29.9. The first-order chi connectivity index (χ1) is 21.0. The first-order valence-corrected chi connectivity index (χ1v) is 14.5. The summed E-state index contributed by atoms with van der Waals surface area (Å²) in [5, 5.41) is 18.6. The predicted octanol–water partition coefficient (Wildman–Crippen LogP) is 5.89. The highest BCUT2D eigenvalue weighted by atomic mass is 16.6. The smallest absolute Gasteiger partial charge is 0.293 e. The maximum Gasteiger partial charge on any atom is 0.293 e. The second-order valence-corrected chi connectivity index (χ2v) is 10.8. The molecule has 0 unspecified atom stereocenters. The molecule has 10 nitrogen and oxygen atoms in total. The molecule has 1 amide bonds. The molecule has 0 radical (unpaired) electrons. The number of anilines is 1. The highest BCUT2D eigenvalue weighted by Gasteiger charge is 2.45. The number of carbonyl (C=O) groups is 1. The van der Waals surface area contributed by atoms with Crippen molar-refractivity contribution >= 4 is 29.1 Å². The van der Waals surface area contributed by atoms with Gasteiger partial charge in [0.1, 0.15) is 17.2 Å². The number of nitro groups is 1. The quantitative estimate of drug-likeness (QED) is 0.253. The molecule has 3 aliphatic rings. The fourth-order valence-corrected chi connectivity index (χ4v) is 6.37. The lowest BCUT2D eigenvalue weighted by Crippen LogP contribution is -2.36. The van der Waals surface area contributed by atoms with Crippen LogP contribution in [0.15, 0.2) is 77.4 Å². The molecule has 3 aromatic carbocycles. The van der Waals surface area contributed by atoms with E-state index in [2.05, 4.69) is 6.08 Å². The number of benzene rings is 3. The van der Waals surface area contributed by atoms with E-state index in [1.807, 2.05) is 53.4 Å². The first-order valence-electron chi connectivity index (χ1n) is 14.5. The number of amides is 1. The minimum Gasteiger partial charge on any atom is -0.496 e. The van der Waals surface area contributed by atoms with Gasteiger partial charge in [-0.3, -0.25) is 14.9 Å². The number of hydrogen-bond donors (Lipinski definition) is 0. The summed E-state index contributed by atoms with van der Waals surface area (Å²) in [7, 11) is 3.26. The zero-order valence-electron chi connectivity index (χ0n) is 24.3. The number of nitrogens with zero attached hydrogens (tertiary/aromatic N) is 4. The molecule has 2 heterocycles. The Labute approximate surface area is 250 Å². The van der Waals surface area contributed by atoms with Crippen molar-refractivity contribution in [3.63, 3.8) is 0 Å². The SMILES string of the molecule is COc1ccccc1/C=C1/CCC[C@H]2C1=NN(C(=O)c1ccc(N3CCOCC3)c([N+](=O)[O-])c1)[C@H]2c1ccccc1OC. The minimum atomic E-state index is -0.432. The van der Waals surface area contributed by atoms with Gasteiger partial charge in [-0.2, -0.15) is 5.10 Å². The van der Waals surface area contributed by atoms with Crippen LogP contribution >= 0.6 is 0 Å². The van der Waals surface area contributed by atoms with Crippen LogP contribution < -0.4 is 14.4 Å². The number of allylic oxidation sites excluding steroid dienone is 1. The summed E-state index contributed by atoms with van der Waals surface area (Å²) in [6.45, 7) is 2.09. The van der Waals surface area contributed by atoms with Gasteiger partial charge in [0, 0.05) is 41.8 Å². The van der Waals surface area contributed by atoms with Gasteiger partial charge in [0.25, 0.3) is 11.6 Å². The molecule has 1 saturated heterocycles. The van der Waals surface area contributed by atoms with E-state index in [0.29, 0.717) is 37.7 Å². The van der Waals surface area contributed by atoms with E-state index in [9.17, 15) is 14.9 Å². The highest BCUT2D eigenvalue weighted by Crippen LogP contribution is 2.47. The standard InChI is InChI=1S/C33H34N4O6/c1-41-29-12-5-3-8-22(29)20-23-9-7-11-26-31(23)34-36(32(26)25-10-4-6-13-30(25)42-2)33(38)24-14-15-27(28(21-24)37(39)40)35-16-18-43-19-17-35/h3-6,8,10,12-15,20-21,26,32H,7,9,11,16-19H2,1-2H3/b23-20-/t26-,32-/m0/s1. The van der Waals surface area contributed by atoms with Crippen LogP contribution in [0.5, 0.6) is 11.5 Å². The van der Waals surface area contributed by atoms with Crippen molar-refractivity contribution in [2.75, 3.05) is 45.4 Å². The van der Waals surface area contributed by atoms with Gasteiger partial charge < -0.3 is 19.1 Å². The lowest BCUT2D eigenvalue weighted by Gasteiger charge is -2.31. The van der Waals surface area contributed by atoms with Gasteiger partial charge in [0.15, 0.2) is 0 Å². The first kappa shape index (κ1) is 28.4. The Morgan fingerprint density at radius 3 is 2.49 bits per heavy atom. The molecule has 1 aliphatic carbocycles. The van der Waals surface area contributed by atoms with Crippen LogP contribution in [0.25, 0.3) is 6.08 Å². The number of ether oxygens (including phenoxy) is 3. The van der Waals surface area contributed by atoms with Crippen molar-refractivity contribution in [1.29, 1.82) is 0 Å². The van der Waals surface area contributed by atoms with Crippen LogP contribution in [-0.4, -0.2) is 62.1 Å². The van der Waals surface area contributed by atoms with Crippen LogP contribution in [0.3, 0.4) is 0 Å². The normalized spacial score (nSPS) is 20.9. The number of morpholine rings is 1. The number of methoxy groups -OCH3 is 2. The molecule has 1 saturated carbocycles. The molecule has 3 aromatic rings. The van der Waals surface area contributed by atoms with Crippen LogP contribution in [0, 0.1) is 16.0 Å². The second-order valence-electron chi connectivity index (χ2n) is 10.8. The molecule has 10 heteroatoms. The second kappa shape index (κ2) is 12.3. The topological polar surface area (TPSA) is 107 Å². The average Bonchev–Trinajstić information content (AvgIpc) is 3.45. The molecular formula is C33H34N4O6. The van der Waals surface area contributed by atoms with Crippen molar-refractivity contribution in [2.24, 2.45) is 11.0 Å². The van der Waals surface area contributed by atoms with Crippen molar-refractivity contribution in [3.05, 3.63) is 99.1 Å². The Morgan fingerprint density at radius 2 is 1.74 bits per heavy atom. The molecule has 2 atom stereocenters. The Kier molecular flexibility index (Phi) is 8.11. The van der Waals surface area contributed by atoms with Crippen molar-refractivity contribution in [2.45, 2.75) is 25.3 Å². The Bertz CT molecular complexity index is 1600. The summed E-state index contributed by atoms with van der Waals surface area (Å²) >= 11 is 0. The third kappa shape index (κ3) is 5.46. The van der Waals surface area contributed by atoms with Gasteiger partial charge in [0.05, 0.1) is 44.1 Å². The number of hydrazone groups is 1. The van der Waals surface area contributed by atoms with E-state index in [-0.39, 0.29) is 17.2 Å². The van der Waals surface area contributed by atoms with E-state index in [1.165, 1.54) is 11.1 Å². The Balaban J connectivity index is 1.43. The number of para-hydroxylation sites is 2. The van der Waals surface area contributed by atoms with E-state index >= 15 is 0 Å². The molecule has 6 rings (SSSR count). The summed E-state index contributed by atoms with van der Waals surface area (Å²) in [6.07, 6.45) is 4.68. The molecule has 0 N–H and O–H groups in total. The molecule has 2 aliphatic heterocycles. The number of carbonyl (C=O) groups excluding carboxylic acids is 1. The summed E-state index contributed by atoms with van der Waals surface area (Å²) < 4.78 is 16.7. The van der Waals surface area contributed by atoms with Crippen molar-refractivity contribution in [1.82, 2.24) is 5.01 Å². The molecule has 2 fully saturated rings. The van der Waals surface area contributed by atoms with Gasteiger partial charge in [-0.25, -0.2) is 5.01 Å². The Morgan fingerprint density at radius 1 is 1.02 bits per heavy atom. The van der Waals surface area contributed by atoms with Gasteiger partial charge >= 0.3 is 0 Å². The summed E-state index contributed by atoms with van der Waals surface area (Å²) in [6, 6.07) is 19.7. The monoisotopic (exact) mass is 582 g/mol. The van der Waals surface area contributed by atoms with E-state index < -0.39 is 16.9 Å². The lowest BCUT2D eigenvalue weighted by atomic mass is 9.77. The maximum atomic E-state index is 14.3. The number of fused-ring (bicyclic) bond motifs is 1. The predicted molar refractivity (Wildman–Crippen MR) is 164 cm³/mol. The fourth-order valence-electron chi connectivity index (χ4n) is 6.37. The van der Waals surface area contributed by atoms with E-state index in [4.69, 9.17) is 19.3 Å². The lowest BCUT2D eigenvalue weighted by molar-refractivity contribution is -0.384. The van der Waals surface area contributed by atoms with E-state index in [0.717, 1.165) is 47.4 Å². The van der Waals surface area contributed by atoms with Crippen LogP contribution in [0.2, 0.25) is 0 Å². The van der Waals surface area contributed by atoms with Gasteiger partial charge in [-0.1, -0.05) is 36.4 Å². The Hall–Kier alpha value is -4.70. The summed E-state index contributed by atoms with van der Waals surface area (Å²) in [4.78, 5) is 27.9. The van der Waals surface area contributed by atoms with Gasteiger partial charge in [-0.15, -0.1) is 0 Å². The average molecular weight is 583 g/mol.